The molecule has 1 heterocycles. The number of hydrogen-bond donors (Lipinski definition) is 1. The molecular formula is C11H22FN. The number of halogens is 1. The minimum Gasteiger partial charge on any atom is -0.317 e. The average Bonchev–Trinajstić information content (AvgIpc) is 2.33. The third-order valence-corrected chi connectivity index (χ3v) is 3.38. The van der Waals surface area contributed by atoms with Crippen molar-refractivity contribution < 1.29 is 4.39 Å². The molecule has 1 N–H and O–H groups in total. The molecule has 0 aromatic carbocycles. The van der Waals surface area contributed by atoms with Crippen molar-refractivity contribution in [2.24, 2.45) is 5.92 Å². The lowest BCUT2D eigenvalue weighted by molar-refractivity contribution is 0.0608. The van der Waals surface area contributed by atoms with Gasteiger partial charge >= 0.3 is 0 Å². The molecule has 0 spiro atoms. The van der Waals surface area contributed by atoms with E-state index in [4.69, 9.17) is 0 Å². The van der Waals surface area contributed by atoms with Crippen molar-refractivity contribution in [3.05, 3.63) is 0 Å². The molecule has 13 heavy (non-hydrogen) atoms. The van der Waals surface area contributed by atoms with Gasteiger partial charge < -0.3 is 5.32 Å². The van der Waals surface area contributed by atoms with Crippen LogP contribution in [0.5, 0.6) is 0 Å². The molecule has 1 atom stereocenters. The Bertz CT molecular complexity index is 135. The highest BCUT2D eigenvalue weighted by Crippen LogP contribution is 2.36. The standard InChI is InChI=1S/C11H22FN/c1-3-10(4-2)11(12)6-5-8-13-9-7-11/h10,13H,3-9H2,1-2H3. The summed E-state index contributed by atoms with van der Waals surface area (Å²) < 4.78 is 14.5. The summed E-state index contributed by atoms with van der Waals surface area (Å²) in [7, 11) is 0. The fraction of sp³-hybridized carbons (Fsp3) is 1.00. The summed E-state index contributed by atoms with van der Waals surface area (Å²) in [5.74, 6) is 0.271. The first-order valence-electron chi connectivity index (χ1n) is 5.62. The summed E-state index contributed by atoms with van der Waals surface area (Å²) in [5, 5.41) is 3.27. The minimum atomic E-state index is -0.882. The average molecular weight is 187 g/mol. The summed E-state index contributed by atoms with van der Waals surface area (Å²) in [6.45, 7) is 6.06. The normalized spacial score (nSPS) is 30.5. The van der Waals surface area contributed by atoms with Gasteiger partial charge in [-0.1, -0.05) is 26.7 Å². The van der Waals surface area contributed by atoms with Crippen LogP contribution in [0.25, 0.3) is 0 Å². The number of rotatable bonds is 3. The molecule has 1 aliphatic rings. The molecule has 0 amide bonds. The van der Waals surface area contributed by atoms with E-state index in [-0.39, 0.29) is 5.92 Å². The van der Waals surface area contributed by atoms with Crippen molar-refractivity contribution in [1.29, 1.82) is 0 Å². The summed E-state index contributed by atoms with van der Waals surface area (Å²) in [5.41, 5.74) is -0.882. The van der Waals surface area contributed by atoms with E-state index < -0.39 is 5.67 Å². The maximum absolute atomic E-state index is 14.5. The van der Waals surface area contributed by atoms with Gasteiger partial charge in [0.15, 0.2) is 0 Å². The van der Waals surface area contributed by atoms with Gasteiger partial charge in [0.25, 0.3) is 0 Å². The Morgan fingerprint density at radius 2 is 1.92 bits per heavy atom. The lowest BCUT2D eigenvalue weighted by Crippen LogP contribution is -2.33. The first-order chi connectivity index (χ1) is 6.23. The van der Waals surface area contributed by atoms with Crippen LogP contribution in [-0.4, -0.2) is 18.8 Å². The molecule has 0 saturated carbocycles. The molecular weight excluding hydrogens is 165 g/mol. The first-order valence-corrected chi connectivity index (χ1v) is 5.62. The zero-order valence-electron chi connectivity index (χ0n) is 8.91. The fourth-order valence-electron chi connectivity index (χ4n) is 2.48. The van der Waals surface area contributed by atoms with Gasteiger partial charge in [0.05, 0.1) is 0 Å². The number of hydrogen-bond acceptors (Lipinski definition) is 1. The molecule has 0 bridgehead atoms. The third-order valence-electron chi connectivity index (χ3n) is 3.38. The third kappa shape index (κ3) is 2.67. The molecule has 0 aliphatic carbocycles. The van der Waals surface area contributed by atoms with Crippen molar-refractivity contribution in [2.75, 3.05) is 13.1 Å². The smallest absolute Gasteiger partial charge is 0.115 e. The molecule has 0 aromatic heterocycles. The van der Waals surface area contributed by atoms with Crippen LogP contribution in [0, 0.1) is 5.92 Å². The molecule has 2 heteroatoms. The number of alkyl halides is 1. The molecule has 0 aromatic rings. The molecule has 1 rings (SSSR count). The van der Waals surface area contributed by atoms with Crippen LogP contribution in [0.2, 0.25) is 0 Å². The monoisotopic (exact) mass is 187 g/mol. The highest BCUT2D eigenvalue weighted by atomic mass is 19.1. The Kier molecular flexibility index (Phi) is 4.17. The summed E-state index contributed by atoms with van der Waals surface area (Å²) >= 11 is 0. The maximum Gasteiger partial charge on any atom is 0.115 e. The van der Waals surface area contributed by atoms with Gasteiger partial charge in [-0.15, -0.1) is 0 Å². The largest absolute Gasteiger partial charge is 0.317 e. The van der Waals surface area contributed by atoms with Crippen LogP contribution in [0.3, 0.4) is 0 Å². The number of nitrogens with one attached hydrogen (secondary N) is 1. The zero-order chi connectivity index (χ0) is 9.73. The predicted octanol–water partition coefficient (Wildman–Crippen LogP) is 2.90. The van der Waals surface area contributed by atoms with Crippen LogP contribution in [0.15, 0.2) is 0 Å². The van der Waals surface area contributed by atoms with Crippen LogP contribution in [0.4, 0.5) is 4.39 Å². The quantitative estimate of drug-likeness (QED) is 0.716. The molecule has 1 nitrogen and oxygen atoms in total. The van der Waals surface area contributed by atoms with Crippen molar-refractivity contribution in [2.45, 2.75) is 51.6 Å². The SMILES string of the molecule is CCC(CC)C1(F)CCCNCC1. The van der Waals surface area contributed by atoms with Gasteiger partial charge in [0.1, 0.15) is 5.67 Å². The van der Waals surface area contributed by atoms with Gasteiger partial charge in [-0.3, -0.25) is 0 Å². The van der Waals surface area contributed by atoms with E-state index in [1.807, 2.05) is 0 Å². The van der Waals surface area contributed by atoms with Crippen molar-refractivity contribution in [3.63, 3.8) is 0 Å². The van der Waals surface area contributed by atoms with Gasteiger partial charge in [0, 0.05) is 0 Å². The van der Waals surface area contributed by atoms with Gasteiger partial charge in [-0.25, -0.2) is 4.39 Å². The first kappa shape index (κ1) is 11.0. The van der Waals surface area contributed by atoms with E-state index in [9.17, 15) is 4.39 Å². The van der Waals surface area contributed by atoms with E-state index in [2.05, 4.69) is 19.2 Å². The lowest BCUT2D eigenvalue weighted by atomic mass is 9.80. The highest BCUT2D eigenvalue weighted by Gasteiger charge is 2.36. The van der Waals surface area contributed by atoms with E-state index in [0.29, 0.717) is 6.42 Å². The topological polar surface area (TPSA) is 12.0 Å². The predicted molar refractivity (Wildman–Crippen MR) is 54.6 cm³/mol. The highest BCUT2D eigenvalue weighted by molar-refractivity contribution is 4.88. The van der Waals surface area contributed by atoms with Gasteiger partial charge in [-0.2, -0.15) is 0 Å². The second-order valence-corrected chi connectivity index (χ2v) is 4.15. The van der Waals surface area contributed by atoms with Gasteiger partial charge in [0.2, 0.25) is 0 Å². The Morgan fingerprint density at radius 3 is 2.54 bits per heavy atom. The van der Waals surface area contributed by atoms with Crippen LogP contribution >= 0.6 is 0 Å². The Balaban J connectivity index is 2.58. The van der Waals surface area contributed by atoms with E-state index >= 15 is 0 Å². The fourth-order valence-corrected chi connectivity index (χ4v) is 2.48. The van der Waals surface area contributed by atoms with Crippen LogP contribution in [-0.2, 0) is 0 Å². The second kappa shape index (κ2) is 4.94. The second-order valence-electron chi connectivity index (χ2n) is 4.15. The molecule has 1 aliphatic heterocycles. The minimum absolute atomic E-state index is 0.271. The maximum atomic E-state index is 14.5. The Labute approximate surface area is 81.1 Å². The lowest BCUT2D eigenvalue weighted by Gasteiger charge is -2.31. The van der Waals surface area contributed by atoms with E-state index in [1.54, 1.807) is 0 Å². The van der Waals surface area contributed by atoms with E-state index in [0.717, 1.165) is 38.8 Å². The van der Waals surface area contributed by atoms with Crippen molar-refractivity contribution in [3.8, 4) is 0 Å². The molecule has 1 unspecified atom stereocenters. The van der Waals surface area contributed by atoms with Crippen molar-refractivity contribution in [1.82, 2.24) is 5.32 Å². The molecule has 1 fully saturated rings. The van der Waals surface area contributed by atoms with E-state index in [1.165, 1.54) is 0 Å². The summed E-state index contributed by atoms with van der Waals surface area (Å²) in [4.78, 5) is 0. The van der Waals surface area contributed by atoms with Gasteiger partial charge in [-0.05, 0) is 38.3 Å². The van der Waals surface area contributed by atoms with Crippen molar-refractivity contribution >= 4 is 0 Å². The molecule has 78 valence electrons. The summed E-state index contributed by atoms with van der Waals surface area (Å²) in [6, 6.07) is 0. The van der Waals surface area contributed by atoms with Crippen LogP contribution in [0.1, 0.15) is 46.0 Å². The molecule has 0 radical (unpaired) electrons. The Hall–Kier alpha value is -0.110. The zero-order valence-corrected chi connectivity index (χ0v) is 8.91. The molecule has 1 saturated heterocycles. The summed E-state index contributed by atoms with van der Waals surface area (Å²) in [6.07, 6.45) is 4.42. The Morgan fingerprint density at radius 1 is 1.23 bits per heavy atom. The van der Waals surface area contributed by atoms with Crippen LogP contribution < -0.4 is 5.32 Å².